The van der Waals surface area contributed by atoms with Crippen molar-refractivity contribution in [1.82, 2.24) is 9.97 Å². The Morgan fingerprint density at radius 3 is 2.53 bits per heavy atom. The van der Waals surface area contributed by atoms with Gasteiger partial charge in [-0.2, -0.15) is 0 Å². The lowest BCUT2D eigenvalue weighted by atomic mass is 10.2. The number of anilines is 2. The fraction of sp³-hybridized carbons (Fsp3) is 0.0833. The summed E-state index contributed by atoms with van der Waals surface area (Å²) < 4.78 is 0. The highest BCUT2D eigenvalue weighted by Crippen LogP contribution is 2.22. The average molecular weight is 228 g/mol. The van der Waals surface area contributed by atoms with Crippen LogP contribution in [0.15, 0.2) is 43.0 Å². The van der Waals surface area contributed by atoms with Crippen LogP contribution in [0.2, 0.25) is 0 Å². The molecular weight excluding hydrogens is 216 g/mol. The van der Waals surface area contributed by atoms with Gasteiger partial charge in [-0.15, -0.1) is 0 Å². The summed E-state index contributed by atoms with van der Waals surface area (Å²) in [7, 11) is 1.67. The zero-order chi connectivity index (χ0) is 12.3. The number of benzene rings is 1. The predicted octanol–water partition coefficient (Wildman–Crippen LogP) is 1.34. The molecule has 0 aliphatic carbocycles. The second-order valence-corrected chi connectivity index (χ2v) is 3.55. The average Bonchev–Trinajstić information content (AvgIpc) is 2.39. The Hall–Kier alpha value is -2.43. The molecule has 5 heteroatoms. The van der Waals surface area contributed by atoms with Gasteiger partial charge in [-0.1, -0.05) is 12.1 Å². The first kappa shape index (κ1) is 11.1. The van der Waals surface area contributed by atoms with Crippen molar-refractivity contribution in [2.45, 2.75) is 0 Å². The van der Waals surface area contributed by atoms with E-state index in [1.165, 1.54) is 23.6 Å². The van der Waals surface area contributed by atoms with Gasteiger partial charge in [0, 0.05) is 19.4 Å². The fourth-order valence-electron chi connectivity index (χ4n) is 1.51. The van der Waals surface area contributed by atoms with Gasteiger partial charge in [0.25, 0.3) is 5.91 Å². The quantitative estimate of drug-likeness (QED) is 0.787. The Bertz CT molecular complexity index is 527. The van der Waals surface area contributed by atoms with Crippen molar-refractivity contribution < 1.29 is 4.79 Å². The van der Waals surface area contributed by atoms with Crippen LogP contribution in [0, 0.1) is 0 Å². The SMILES string of the molecule is CN(C(=O)c1cncnc1)c1ccccc1N. The molecule has 17 heavy (non-hydrogen) atoms. The summed E-state index contributed by atoms with van der Waals surface area (Å²) in [5.41, 5.74) is 7.46. The highest BCUT2D eigenvalue weighted by molar-refractivity contribution is 6.06. The third-order valence-electron chi connectivity index (χ3n) is 2.41. The minimum Gasteiger partial charge on any atom is -0.397 e. The monoisotopic (exact) mass is 228 g/mol. The van der Waals surface area contributed by atoms with Gasteiger partial charge in [-0.25, -0.2) is 9.97 Å². The Morgan fingerprint density at radius 1 is 1.24 bits per heavy atom. The first-order valence-corrected chi connectivity index (χ1v) is 5.07. The minimum atomic E-state index is -0.191. The summed E-state index contributed by atoms with van der Waals surface area (Å²) in [5.74, 6) is -0.191. The van der Waals surface area contributed by atoms with E-state index in [9.17, 15) is 4.79 Å². The number of carbonyl (C=O) groups is 1. The smallest absolute Gasteiger partial charge is 0.261 e. The van der Waals surface area contributed by atoms with E-state index < -0.39 is 0 Å². The van der Waals surface area contributed by atoms with Crippen LogP contribution in [0.25, 0.3) is 0 Å². The van der Waals surface area contributed by atoms with E-state index >= 15 is 0 Å². The first-order valence-electron chi connectivity index (χ1n) is 5.07. The molecule has 2 N–H and O–H groups in total. The molecule has 0 fully saturated rings. The summed E-state index contributed by atoms with van der Waals surface area (Å²) in [5, 5.41) is 0. The van der Waals surface area contributed by atoms with Crippen LogP contribution >= 0.6 is 0 Å². The highest BCUT2D eigenvalue weighted by atomic mass is 16.2. The lowest BCUT2D eigenvalue weighted by Crippen LogP contribution is -2.27. The number of rotatable bonds is 2. The molecule has 5 nitrogen and oxygen atoms in total. The van der Waals surface area contributed by atoms with Crippen LogP contribution in [0.1, 0.15) is 10.4 Å². The van der Waals surface area contributed by atoms with Crippen molar-refractivity contribution in [3.05, 3.63) is 48.5 Å². The number of amides is 1. The van der Waals surface area contributed by atoms with Gasteiger partial charge in [0.15, 0.2) is 0 Å². The second-order valence-electron chi connectivity index (χ2n) is 3.55. The Labute approximate surface area is 98.9 Å². The van der Waals surface area contributed by atoms with Gasteiger partial charge in [0.1, 0.15) is 6.33 Å². The largest absolute Gasteiger partial charge is 0.397 e. The van der Waals surface area contributed by atoms with Crippen LogP contribution in [0.3, 0.4) is 0 Å². The van der Waals surface area contributed by atoms with Crippen LogP contribution in [-0.4, -0.2) is 22.9 Å². The molecule has 0 unspecified atom stereocenters. The zero-order valence-corrected chi connectivity index (χ0v) is 9.37. The number of nitrogens with two attached hydrogens (primary N) is 1. The molecule has 0 atom stereocenters. The molecule has 0 aliphatic rings. The number of carbonyl (C=O) groups excluding carboxylic acids is 1. The molecule has 2 aromatic rings. The molecule has 2 rings (SSSR count). The minimum absolute atomic E-state index is 0.191. The number of aromatic nitrogens is 2. The van der Waals surface area contributed by atoms with E-state index in [0.717, 1.165) is 0 Å². The number of hydrogen-bond acceptors (Lipinski definition) is 4. The third-order valence-corrected chi connectivity index (χ3v) is 2.41. The molecule has 1 aromatic carbocycles. The van der Waals surface area contributed by atoms with Crippen molar-refractivity contribution in [3.8, 4) is 0 Å². The number of nitrogens with zero attached hydrogens (tertiary/aromatic N) is 3. The van der Waals surface area contributed by atoms with Crippen LogP contribution < -0.4 is 10.6 Å². The molecule has 1 heterocycles. The van der Waals surface area contributed by atoms with Gasteiger partial charge in [-0.05, 0) is 12.1 Å². The summed E-state index contributed by atoms with van der Waals surface area (Å²) in [6.07, 6.45) is 4.34. The molecule has 86 valence electrons. The molecule has 0 saturated carbocycles. The summed E-state index contributed by atoms with van der Waals surface area (Å²) in [6.45, 7) is 0. The van der Waals surface area contributed by atoms with Crippen LogP contribution in [-0.2, 0) is 0 Å². The van der Waals surface area contributed by atoms with Crippen molar-refractivity contribution in [3.63, 3.8) is 0 Å². The van der Waals surface area contributed by atoms with E-state index in [1.807, 2.05) is 12.1 Å². The van der Waals surface area contributed by atoms with Crippen molar-refractivity contribution in [2.75, 3.05) is 17.7 Å². The van der Waals surface area contributed by atoms with Gasteiger partial charge in [-0.3, -0.25) is 4.79 Å². The lowest BCUT2D eigenvalue weighted by Gasteiger charge is -2.18. The maximum absolute atomic E-state index is 12.1. The Morgan fingerprint density at radius 2 is 1.88 bits per heavy atom. The van der Waals surface area contributed by atoms with Crippen molar-refractivity contribution >= 4 is 17.3 Å². The molecular formula is C12H12N4O. The van der Waals surface area contributed by atoms with Gasteiger partial charge in [0.05, 0.1) is 16.9 Å². The normalized spacial score (nSPS) is 9.94. The van der Waals surface area contributed by atoms with E-state index in [-0.39, 0.29) is 5.91 Å². The first-order chi connectivity index (χ1) is 8.20. The van der Waals surface area contributed by atoms with Gasteiger partial charge >= 0.3 is 0 Å². The molecule has 1 aromatic heterocycles. The maximum Gasteiger partial charge on any atom is 0.261 e. The van der Waals surface area contributed by atoms with Gasteiger partial charge in [0.2, 0.25) is 0 Å². The number of nitrogen functional groups attached to an aromatic ring is 1. The Balaban J connectivity index is 2.30. The lowest BCUT2D eigenvalue weighted by molar-refractivity contribution is 0.0992. The van der Waals surface area contributed by atoms with E-state index in [1.54, 1.807) is 19.2 Å². The number of para-hydroxylation sites is 2. The molecule has 0 aliphatic heterocycles. The maximum atomic E-state index is 12.1. The van der Waals surface area contributed by atoms with E-state index in [4.69, 9.17) is 5.73 Å². The van der Waals surface area contributed by atoms with Crippen molar-refractivity contribution in [1.29, 1.82) is 0 Å². The molecule has 0 radical (unpaired) electrons. The van der Waals surface area contributed by atoms with Crippen LogP contribution in [0.4, 0.5) is 11.4 Å². The highest BCUT2D eigenvalue weighted by Gasteiger charge is 2.15. The molecule has 0 spiro atoms. The Kier molecular flexibility index (Phi) is 3.00. The second kappa shape index (κ2) is 4.61. The summed E-state index contributed by atoms with van der Waals surface area (Å²) in [4.78, 5) is 21.2. The standard InChI is InChI=1S/C12H12N4O/c1-16(11-5-3-2-4-10(11)13)12(17)9-6-14-8-15-7-9/h2-8H,13H2,1H3. The van der Waals surface area contributed by atoms with E-state index in [2.05, 4.69) is 9.97 Å². The zero-order valence-electron chi connectivity index (χ0n) is 9.37. The van der Waals surface area contributed by atoms with E-state index in [0.29, 0.717) is 16.9 Å². The molecule has 0 bridgehead atoms. The predicted molar refractivity (Wildman–Crippen MR) is 65.6 cm³/mol. The fourth-order valence-corrected chi connectivity index (χ4v) is 1.51. The van der Waals surface area contributed by atoms with Crippen molar-refractivity contribution in [2.24, 2.45) is 0 Å². The third kappa shape index (κ3) is 2.23. The molecule has 0 saturated heterocycles. The molecule has 1 amide bonds. The topological polar surface area (TPSA) is 72.1 Å². The number of hydrogen-bond donors (Lipinski definition) is 1. The summed E-state index contributed by atoms with van der Waals surface area (Å²) in [6, 6.07) is 7.19. The van der Waals surface area contributed by atoms with Gasteiger partial charge < -0.3 is 10.6 Å². The summed E-state index contributed by atoms with van der Waals surface area (Å²) >= 11 is 0. The van der Waals surface area contributed by atoms with Crippen LogP contribution in [0.5, 0.6) is 0 Å².